The van der Waals surface area contributed by atoms with Crippen molar-refractivity contribution in [2.75, 3.05) is 19.6 Å². The zero-order chi connectivity index (χ0) is 14.2. The van der Waals surface area contributed by atoms with Crippen LogP contribution in [0, 0.1) is 5.92 Å². The van der Waals surface area contributed by atoms with Crippen molar-refractivity contribution < 1.29 is 8.42 Å². The van der Waals surface area contributed by atoms with E-state index >= 15 is 0 Å². The van der Waals surface area contributed by atoms with E-state index in [1.165, 1.54) is 24.0 Å². The number of fused-ring (bicyclic) bond motifs is 1. The highest BCUT2D eigenvalue weighted by atomic mass is 32.2. The summed E-state index contributed by atoms with van der Waals surface area (Å²) in [7, 11) is -3.32. The second-order valence-electron chi connectivity index (χ2n) is 5.85. The summed E-state index contributed by atoms with van der Waals surface area (Å²) in [5.74, 6) is 0.913. The Morgan fingerprint density at radius 3 is 2.70 bits per heavy atom. The van der Waals surface area contributed by atoms with E-state index in [0.29, 0.717) is 31.5 Å². The average Bonchev–Trinajstić information content (AvgIpc) is 3.20. The second-order valence-corrected chi connectivity index (χ2v) is 7.60. The first kappa shape index (κ1) is 14.0. The van der Waals surface area contributed by atoms with Crippen LogP contribution < -0.4 is 4.72 Å². The lowest BCUT2D eigenvalue weighted by Gasteiger charge is -2.31. The molecule has 0 unspecified atom stereocenters. The first-order valence-corrected chi connectivity index (χ1v) is 8.86. The van der Waals surface area contributed by atoms with E-state index in [1.807, 2.05) is 19.1 Å². The lowest BCUT2D eigenvalue weighted by atomic mass is 9.78. The van der Waals surface area contributed by atoms with E-state index in [0.717, 1.165) is 6.42 Å². The lowest BCUT2D eigenvalue weighted by molar-refractivity contribution is 0.401. The Balaban J connectivity index is 1.57. The largest absolute Gasteiger partial charge is 0.279 e. The molecule has 0 aromatic heterocycles. The molecule has 0 bridgehead atoms. The predicted molar refractivity (Wildman–Crippen MR) is 79.8 cm³/mol. The molecule has 110 valence electrons. The van der Waals surface area contributed by atoms with Gasteiger partial charge in [-0.25, -0.2) is 4.72 Å². The van der Waals surface area contributed by atoms with E-state index < -0.39 is 10.2 Å². The molecule has 20 heavy (non-hydrogen) atoms. The fourth-order valence-corrected chi connectivity index (χ4v) is 4.17. The van der Waals surface area contributed by atoms with Gasteiger partial charge in [0.2, 0.25) is 0 Å². The van der Waals surface area contributed by atoms with E-state index in [9.17, 15) is 8.42 Å². The van der Waals surface area contributed by atoms with Crippen LogP contribution in [0.5, 0.6) is 0 Å². The van der Waals surface area contributed by atoms with Gasteiger partial charge in [-0.05, 0) is 36.3 Å². The third kappa shape index (κ3) is 2.90. The molecule has 0 aliphatic heterocycles. The molecule has 1 aromatic rings. The molecular formula is C15H22N2O2S. The third-order valence-electron chi connectivity index (χ3n) is 4.32. The maximum absolute atomic E-state index is 12.3. The van der Waals surface area contributed by atoms with Gasteiger partial charge < -0.3 is 0 Å². The molecule has 1 fully saturated rings. The van der Waals surface area contributed by atoms with Crippen molar-refractivity contribution in [3.63, 3.8) is 0 Å². The molecule has 1 atom stereocenters. The normalized spacial score (nSPS) is 21.6. The second kappa shape index (κ2) is 5.47. The van der Waals surface area contributed by atoms with E-state index in [4.69, 9.17) is 0 Å². The van der Waals surface area contributed by atoms with Crippen molar-refractivity contribution in [3.8, 4) is 0 Å². The van der Waals surface area contributed by atoms with Gasteiger partial charge in [0.05, 0.1) is 0 Å². The van der Waals surface area contributed by atoms with Crippen molar-refractivity contribution in [3.05, 3.63) is 35.4 Å². The monoisotopic (exact) mass is 294 g/mol. The molecule has 5 heteroatoms. The smallest absolute Gasteiger partial charge is 0.201 e. The summed E-state index contributed by atoms with van der Waals surface area (Å²) >= 11 is 0. The summed E-state index contributed by atoms with van der Waals surface area (Å²) in [6.07, 6.45) is 3.32. The Hall–Kier alpha value is -0.910. The minimum Gasteiger partial charge on any atom is -0.201 e. The zero-order valence-electron chi connectivity index (χ0n) is 11.9. The van der Waals surface area contributed by atoms with E-state index in [1.54, 1.807) is 4.31 Å². The number of hydrogen-bond donors (Lipinski definition) is 1. The summed E-state index contributed by atoms with van der Waals surface area (Å²) in [6.45, 7) is 3.64. The Morgan fingerprint density at radius 2 is 2.05 bits per heavy atom. The molecule has 0 spiro atoms. The highest BCUT2D eigenvalue weighted by molar-refractivity contribution is 7.87. The molecule has 1 aromatic carbocycles. The molecule has 0 radical (unpaired) electrons. The molecule has 2 aliphatic carbocycles. The Kier molecular flexibility index (Phi) is 3.84. The quantitative estimate of drug-likeness (QED) is 0.835. The first-order valence-electron chi connectivity index (χ1n) is 7.42. The maximum atomic E-state index is 12.3. The van der Waals surface area contributed by atoms with Crippen molar-refractivity contribution >= 4 is 10.2 Å². The Bertz CT molecular complexity index is 581. The number of nitrogens with one attached hydrogen (secondary N) is 1. The Labute approximate surface area is 121 Å². The van der Waals surface area contributed by atoms with Gasteiger partial charge in [-0.2, -0.15) is 12.7 Å². The van der Waals surface area contributed by atoms with Crippen LogP contribution in [0.1, 0.15) is 36.8 Å². The molecular weight excluding hydrogens is 272 g/mol. The minimum atomic E-state index is -3.32. The number of hydrogen-bond acceptors (Lipinski definition) is 2. The van der Waals surface area contributed by atoms with Crippen LogP contribution in [0.25, 0.3) is 0 Å². The minimum absolute atomic E-state index is 0.334. The van der Waals surface area contributed by atoms with Crippen LogP contribution in [0.4, 0.5) is 0 Å². The molecule has 2 aliphatic rings. The fourth-order valence-electron chi connectivity index (χ4n) is 2.83. The van der Waals surface area contributed by atoms with Crippen molar-refractivity contribution in [1.82, 2.24) is 9.03 Å². The zero-order valence-corrected chi connectivity index (χ0v) is 12.7. The SMILES string of the molecule is CCN(CC1CC1)S(=O)(=O)NC[C@H]1Cc2ccccc21. The van der Waals surface area contributed by atoms with E-state index in [-0.39, 0.29) is 0 Å². The van der Waals surface area contributed by atoms with Gasteiger partial charge in [0.1, 0.15) is 0 Å². The number of rotatable bonds is 7. The van der Waals surface area contributed by atoms with Crippen molar-refractivity contribution in [2.24, 2.45) is 5.92 Å². The highest BCUT2D eigenvalue weighted by Gasteiger charge is 2.31. The first-order chi connectivity index (χ1) is 9.60. The van der Waals surface area contributed by atoms with Crippen LogP contribution in [0.3, 0.4) is 0 Å². The summed E-state index contributed by atoms with van der Waals surface area (Å²) in [6, 6.07) is 8.27. The van der Waals surface area contributed by atoms with Gasteiger partial charge in [0, 0.05) is 25.6 Å². The highest BCUT2D eigenvalue weighted by Crippen LogP contribution is 2.34. The molecule has 1 saturated carbocycles. The van der Waals surface area contributed by atoms with Crippen LogP contribution in [-0.2, 0) is 16.6 Å². The van der Waals surface area contributed by atoms with Crippen LogP contribution in [0.15, 0.2) is 24.3 Å². The molecule has 0 saturated heterocycles. The molecule has 4 nitrogen and oxygen atoms in total. The number of benzene rings is 1. The van der Waals surface area contributed by atoms with Gasteiger partial charge in [0.25, 0.3) is 10.2 Å². The molecule has 1 N–H and O–H groups in total. The van der Waals surface area contributed by atoms with Gasteiger partial charge in [0.15, 0.2) is 0 Å². The van der Waals surface area contributed by atoms with Crippen LogP contribution in [0.2, 0.25) is 0 Å². The Morgan fingerprint density at radius 1 is 1.30 bits per heavy atom. The summed E-state index contributed by atoms with van der Waals surface area (Å²) < 4.78 is 29.0. The van der Waals surface area contributed by atoms with Crippen molar-refractivity contribution in [1.29, 1.82) is 0 Å². The van der Waals surface area contributed by atoms with Crippen LogP contribution in [-0.4, -0.2) is 32.4 Å². The topological polar surface area (TPSA) is 49.4 Å². The summed E-state index contributed by atoms with van der Waals surface area (Å²) in [5, 5.41) is 0. The van der Waals surface area contributed by atoms with Gasteiger partial charge in [-0.3, -0.25) is 0 Å². The molecule has 3 rings (SSSR count). The average molecular weight is 294 g/mol. The molecule has 0 amide bonds. The van der Waals surface area contributed by atoms with Gasteiger partial charge in [-0.15, -0.1) is 0 Å². The summed E-state index contributed by atoms with van der Waals surface area (Å²) in [4.78, 5) is 0. The van der Waals surface area contributed by atoms with Crippen LogP contribution >= 0.6 is 0 Å². The van der Waals surface area contributed by atoms with Crippen molar-refractivity contribution in [2.45, 2.75) is 32.1 Å². The lowest BCUT2D eigenvalue weighted by Crippen LogP contribution is -2.44. The predicted octanol–water partition coefficient (Wildman–Crippen LogP) is 1.89. The summed E-state index contributed by atoms with van der Waals surface area (Å²) in [5.41, 5.74) is 2.64. The third-order valence-corrected chi connectivity index (χ3v) is 5.94. The fraction of sp³-hybridized carbons (Fsp3) is 0.600. The van der Waals surface area contributed by atoms with Gasteiger partial charge in [-0.1, -0.05) is 31.2 Å². The van der Waals surface area contributed by atoms with E-state index in [2.05, 4.69) is 16.9 Å². The molecule has 0 heterocycles. The standard InChI is InChI=1S/C15H22N2O2S/c1-2-17(11-12-7-8-12)20(18,19)16-10-14-9-13-5-3-4-6-15(13)14/h3-6,12,14,16H,2,7-11H2,1H3/t14-/m1/s1. The number of nitrogens with zero attached hydrogens (tertiary/aromatic N) is 1. The van der Waals surface area contributed by atoms with Gasteiger partial charge >= 0.3 is 0 Å². The maximum Gasteiger partial charge on any atom is 0.279 e.